The molecule has 1 aliphatic heterocycles. The lowest BCUT2D eigenvalue weighted by molar-refractivity contribution is 0.0946. The molecule has 1 fully saturated rings. The largest absolute Gasteiger partial charge is 0.352 e. The minimum absolute atomic E-state index is 0.230. The normalized spacial score (nSPS) is 22.5. The quantitative estimate of drug-likeness (QED) is 0.801. The molecule has 122 valence electrons. The number of likely N-dealkylation sites (tertiary alicyclic amines) is 1. The smallest absolute Gasteiger partial charge is 0.252 e. The van der Waals surface area contributed by atoms with E-state index in [1.54, 1.807) is 6.07 Å². The molecular formula is C17H24BrFN2O. The number of carbonyl (C=O) groups excluding carboxylic acids is 1. The van der Waals surface area contributed by atoms with Crippen LogP contribution < -0.4 is 5.32 Å². The summed E-state index contributed by atoms with van der Waals surface area (Å²) in [6.07, 6.45) is 2.22. The Kier molecular flexibility index (Phi) is 6.38. The number of nitrogens with zero attached hydrogens (tertiary/aromatic N) is 1. The van der Waals surface area contributed by atoms with Gasteiger partial charge in [-0.25, -0.2) is 4.39 Å². The number of nitrogens with one attached hydrogen (secondary N) is 1. The molecule has 2 unspecified atom stereocenters. The highest BCUT2D eigenvalue weighted by Gasteiger charge is 2.21. The number of hydrogen-bond acceptors (Lipinski definition) is 2. The zero-order valence-electron chi connectivity index (χ0n) is 13.2. The summed E-state index contributed by atoms with van der Waals surface area (Å²) >= 11 is 3.28. The average molecular weight is 371 g/mol. The van der Waals surface area contributed by atoms with Crippen molar-refractivity contribution in [1.82, 2.24) is 10.2 Å². The number of piperidine rings is 1. The number of amides is 1. The van der Waals surface area contributed by atoms with Crippen LogP contribution in [0.3, 0.4) is 0 Å². The van der Waals surface area contributed by atoms with Crippen LogP contribution in [0.1, 0.15) is 37.0 Å². The van der Waals surface area contributed by atoms with Gasteiger partial charge in [0.25, 0.3) is 5.91 Å². The molecule has 1 aromatic rings. The number of carbonyl (C=O) groups is 1. The van der Waals surface area contributed by atoms with E-state index in [9.17, 15) is 9.18 Å². The van der Waals surface area contributed by atoms with Crippen LogP contribution >= 0.6 is 15.9 Å². The van der Waals surface area contributed by atoms with Gasteiger partial charge in [0.15, 0.2) is 0 Å². The van der Waals surface area contributed by atoms with Crippen molar-refractivity contribution in [2.75, 3.05) is 26.2 Å². The molecule has 1 N–H and O–H groups in total. The number of rotatable bonds is 5. The molecule has 0 aliphatic carbocycles. The van der Waals surface area contributed by atoms with Gasteiger partial charge in [0.05, 0.1) is 5.56 Å². The third-order valence-electron chi connectivity index (χ3n) is 4.05. The molecule has 2 atom stereocenters. The fraction of sp³-hybridized carbons (Fsp3) is 0.588. The molecule has 22 heavy (non-hydrogen) atoms. The predicted octanol–water partition coefficient (Wildman–Crippen LogP) is 3.69. The van der Waals surface area contributed by atoms with Crippen molar-refractivity contribution in [2.24, 2.45) is 11.8 Å². The average Bonchev–Trinajstić information content (AvgIpc) is 2.45. The standard InChI is InChI=1S/C17H24BrFN2O/c1-12-8-13(2)11-21(10-12)7-3-6-20-17(22)15-9-14(19)4-5-16(15)18/h4-5,9,12-13H,3,6-8,10-11H2,1-2H3,(H,20,22). The van der Waals surface area contributed by atoms with Gasteiger partial charge in [-0.15, -0.1) is 0 Å². The molecule has 0 radical (unpaired) electrons. The lowest BCUT2D eigenvalue weighted by Gasteiger charge is -2.34. The van der Waals surface area contributed by atoms with Gasteiger partial charge in [0.2, 0.25) is 0 Å². The van der Waals surface area contributed by atoms with Crippen LogP contribution in [-0.4, -0.2) is 37.0 Å². The van der Waals surface area contributed by atoms with E-state index in [1.807, 2.05) is 0 Å². The van der Waals surface area contributed by atoms with Gasteiger partial charge in [-0.05, 0) is 65.4 Å². The van der Waals surface area contributed by atoms with Gasteiger partial charge in [0, 0.05) is 24.1 Å². The zero-order valence-corrected chi connectivity index (χ0v) is 14.8. The predicted molar refractivity (Wildman–Crippen MR) is 90.4 cm³/mol. The summed E-state index contributed by atoms with van der Waals surface area (Å²) < 4.78 is 13.8. The number of hydrogen-bond donors (Lipinski definition) is 1. The number of benzene rings is 1. The molecule has 0 spiro atoms. The molecule has 1 aromatic carbocycles. The summed E-state index contributed by atoms with van der Waals surface area (Å²) in [5.74, 6) is 0.875. The molecule has 3 nitrogen and oxygen atoms in total. The number of halogens is 2. The van der Waals surface area contributed by atoms with Crippen molar-refractivity contribution in [3.05, 3.63) is 34.1 Å². The summed E-state index contributed by atoms with van der Waals surface area (Å²) in [4.78, 5) is 14.5. The summed E-state index contributed by atoms with van der Waals surface area (Å²) in [5, 5.41) is 2.87. The monoisotopic (exact) mass is 370 g/mol. The van der Waals surface area contributed by atoms with Crippen molar-refractivity contribution in [1.29, 1.82) is 0 Å². The Bertz CT molecular complexity index is 513. The summed E-state index contributed by atoms with van der Waals surface area (Å²) in [5.41, 5.74) is 0.347. The Labute approximate surface area is 140 Å². The minimum Gasteiger partial charge on any atom is -0.352 e. The van der Waals surface area contributed by atoms with E-state index < -0.39 is 5.82 Å². The van der Waals surface area contributed by atoms with E-state index in [-0.39, 0.29) is 5.91 Å². The summed E-state index contributed by atoms with van der Waals surface area (Å²) in [7, 11) is 0. The molecule has 5 heteroatoms. The van der Waals surface area contributed by atoms with Gasteiger partial charge < -0.3 is 10.2 Å². The highest BCUT2D eigenvalue weighted by atomic mass is 79.9. The van der Waals surface area contributed by atoms with Crippen molar-refractivity contribution < 1.29 is 9.18 Å². The molecule has 1 heterocycles. The van der Waals surface area contributed by atoms with Crippen LogP contribution in [-0.2, 0) is 0 Å². The van der Waals surface area contributed by atoms with Crippen molar-refractivity contribution in [2.45, 2.75) is 26.7 Å². The maximum Gasteiger partial charge on any atom is 0.252 e. The van der Waals surface area contributed by atoms with Gasteiger partial charge in [0.1, 0.15) is 5.82 Å². The first-order valence-corrected chi connectivity index (χ1v) is 8.70. The van der Waals surface area contributed by atoms with E-state index in [1.165, 1.54) is 18.6 Å². The summed E-state index contributed by atoms with van der Waals surface area (Å²) in [6, 6.07) is 4.15. The highest BCUT2D eigenvalue weighted by Crippen LogP contribution is 2.21. The van der Waals surface area contributed by atoms with Crippen LogP contribution in [0, 0.1) is 17.7 Å². The Hall–Kier alpha value is -0.940. The maximum atomic E-state index is 13.2. The van der Waals surface area contributed by atoms with E-state index >= 15 is 0 Å². The Morgan fingerprint density at radius 3 is 2.73 bits per heavy atom. The van der Waals surface area contributed by atoms with Crippen LogP contribution in [0.4, 0.5) is 4.39 Å². The lowest BCUT2D eigenvalue weighted by Crippen LogP contribution is -2.40. The Morgan fingerprint density at radius 2 is 2.05 bits per heavy atom. The van der Waals surface area contributed by atoms with Crippen molar-refractivity contribution in [3.8, 4) is 0 Å². The van der Waals surface area contributed by atoms with E-state index in [0.717, 1.165) is 37.9 Å². The van der Waals surface area contributed by atoms with Crippen LogP contribution in [0.5, 0.6) is 0 Å². The molecular weight excluding hydrogens is 347 g/mol. The third kappa shape index (κ3) is 5.06. The van der Waals surface area contributed by atoms with E-state index in [4.69, 9.17) is 0 Å². The Morgan fingerprint density at radius 1 is 1.36 bits per heavy atom. The molecule has 0 saturated carbocycles. The first kappa shape index (κ1) is 17.4. The lowest BCUT2D eigenvalue weighted by atomic mass is 9.92. The summed E-state index contributed by atoms with van der Waals surface area (Å²) in [6.45, 7) is 8.50. The van der Waals surface area contributed by atoms with Crippen molar-refractivity contribution >= 4 is 21.8 Å². The maximum absolute atomic E-state index is 13.2. The fourth-order valence-corrected chi connectivity index (χ4v) is 3.67. The highest BCUT2D eigenvalue weighted by molar-refractivity contribution is 9.10. The molecule has 2 rings (SSSR count). The molecule has 0 aromatic heterocycles. The molecule has 0 bridgehead atoms. The van der Waals surface area contributed by atoms with Gasteiger partial charge >= 0.3 is 0 Å². The molecule has 1 aliphatic rings. The van der Waals surface area contributed by atoms with Crippen LogP contribution in [0.2, 0.25) is 0 Å². The third-order valence-corrected chi connectivity index (χ3v) is 4.75. The van der Waals surface area contributed by atoms with Crippen molar-refractivity contribution in [3.63, 3.8) is 0 Å². The molecule has 1 saturated heterocycles. The fourth-order valence-electron chi connectivity index (χ4n) is 3.25. The first-order valence-electron chi connectivity index (χ1n) is 7.91. The topological polar surface area (TPSA) is 32.3 Å². The second-order valence-electron chi connectivity index (χ2n) is 6.44. The second kappa shape index (κ2) is 8.06. The zero-order chi connectivity index (χ0) is 16.1. The Balaban J connectivity index is 1.74. The first-order chi connectivity index (χ1) is 10.5. The van der Waals surface area contributed by atoms with Crippen LogP contribution in [0.15, 0.2) is 22.7 Å². The molecule has 1 amide bonds. The minimum atomic E-state index is -0.398. The van der Waals surface area contributed by atoms with Gasteiger partial charge in [-0.1, -0.05) is 13.8 Å². The van der Waals surface area contributed by atoms with Gasteiger partial charge in [-0.3, -0.25) is 4.79 Å². The van der Waals surface area contributed by atoms with Gasteiger partial charge in [-0.2, -0.15) is 0 Å². The SMILES string of the molecule is CC1CC(C)CN(CCCNC(=O)c2cc(F)ccc2Br)C1. The van der Waals surface area contributed by atoms with E-state index in [2.05, 4.69) is 40.0 Å². The van der Waals surface area contributed by atoms with E-state index in [0.29, 0.717) is 16.6 Å². The second-order valence-corrected chi connectivity index (χ2v) is 7.29. The van der Waals surface area contributed by atoms with Crippen LogP contribution in [0.25, 0.3) is 0 Å².